The van der Waals surface area contributed by atoms with Crippen LogP contribution in [-0.4, -0.2) is 21.6 Å². The monoisotopic (exact) mass is 298 g/mol. The predicted octanol–water partition coefficient (Wildman–Crippen LogP) is 1.51. The van der Waals surface area contributed by atoms with Crippen molar-refractivity contribution in [1.29, 1.82) is 0 Å². The fourth-order valence-corrected chi connectivity index (χ4v) is 2.01. The Morgan fingerprint density at radius 2 is 1.82 bits per heavy atom. The lowest BCUT2D eigenvalue weighted by molar-refractivity contribution is -0.117. The molecule has 6 heteroatoms. The van der Waals surface area contributed by atoms with E-state index in [1.807, 2.05) is 27.0 Å². The van der Waals surface area contributed by atoms with Gasteiger partial charge in [0.05, 0.1) is 5.69 Å². The summed E-state index contributed by atoms with van der Waals surface area (Å²) in [5.74, 6) is -0.775. The minimum Gasteiger partial charge on any atom is -0.272 e. The van der Waals surface area contributed by atoms with E-state index in [1.165, 1.54) is 6.08 Å². The van der Waals surface area contributed by atoms with Gasteiger partial charge in [-0.1, -0.05) is 18.2 Å². The van der Waals surface area contributed by atoms with Crippen LogP contribution in [0.4, 0.5) is 0 Å². The van der Waals surface area contributed by atoms with Crippen LogP contribution < -0.4 is 10.9 Å². The first-order chi connectivity index (χ1) is 10.5. The molecule has 0 unspecified atom stereocenters. The Kier molecular flexibility index (Phi) is 4.73. The number of benzene rings is 1. The third-order valence-electron chi connectivity index (χ3n) is 3.30. The van der Waals surface area contributed by atoms with Crippen molar-refractivity contribution in [1.82, 2.24) is 20.6 Å². The second-order valence-electron chi connectivity index (χ2n) is 4.85. The van der Waals surface area contributed by atoms with Crippen molar-refractivity contribution in [2.45, 2.75) is 13.8 Å². The average Bonchev–Trinajstić information content (AvgIpc) is 2.76. The smallest absolute Gasteiger partial charge is 0.269 e. The summed E-state index contributed by atoms with van der Waals surface area (Å²) < 4.78 is 1.75. The molecular weight excluding hydrogens is 280 g/mol. The first-order valence-corrected chi connectivity index (χ1v) is 6.82. The molecule has 0 aliphatic heterocycles. The standard InChI is InChI=1S/C16H18N4O2/c1-11-14(12(2)20(3)19-11)9-10-15(21)17-18-16(22)13-7-5-4-6-8-13/h4-10H,1-3H3,(H,17,21)(H,18,22)/b10-9+. The molecule has 1 heterocycles. The molecule has 0 radical (unpaired) electrons. The van der Waals surface area contributed by atoms with Gasteiger partial charge in [0, 0.05) is 29.9 Å². The molecule has 114 valence electrons. The zero-order valence-corrected chi connectivity index (χ0v) is 12.8. The zero-order chi connectivity index (χ0) is 16.1. The number of nitrogens with one attached hydrogen (secondary N) is 2. The highest BCUT2D eigenvalue weighted by molar-refractivity contribution is 5.97. The number of aromatic nitrogens is 2. The van der Waals surface area contributed by atoms with Crippen molar-refractivity contribution >= 4 is 17.9 Å². The number of hydrogen-bond donors (Lipinski definition) is 2. The van der Waals surface area contributed by atoms with E-state index < -0.39 is 5.91 Å². The molecule has 2 rings (SSSR count). The third kappa shape index (κ3) is 3.60. The maximum atomic E-state index is 11.8. The van der Waals surface area contributed by atoms with Crippen LogP contribution in [0, 0.1) is 13.8 Å². The molecule has 0 atom stereocenters. The van der Waals surface area contributed by atoms with Crippen LogP contribution >= 0.6 is 0 Å². The van der Waals surface area contributed by atoms with E-state index in [1.54, 1.807) is 35.0 Å². The molecule has 0 aliphatic carbocycles. The van der Waals surface area contributed by atoms with E-state index in [0.29, 0.717) is 5.56 Å². The van der Waals surface area contributed by atoms with Crippen LogP contribution in [0.2, 0.25) is 0 Å². The molecule has 2 N–H and O–H groups in total. The largest absolute Gasteiger partial charge is 0.272 e. The molecule has 1 aromatic carbocycles. The molecule has 0 saturated heterocycles. The summed E-state index contributed by atoms with van der Waals surface area (Å²) in [4.78, 5) is 23.5. The van der Waals surface area contributed by atoms with Crippen LogP contribution in [0.3, 0.4) is 0 Å². The number of nitrogens with zero attached hydrogens (tertiary/aromatic N) is 2. The van der Waals surface area contributed by atoms with Crippen LogP contribution in [0.1, 0.15) is 27.3 Å². The van der Waals surface area contributed by atoms with Gasteiger partial charge < -0.3 is 0 Å². The van der Waals surface area contributed by atoms with Gasteiger partial charge in [0.1, 0.15) is 0 Å². The van der Waals surface area contributed by atoms with Crippen LogP contribution in [0.15, 0.2) is 36.4 Å². The Morgan fingerprint density at radius 3 is 2.41 bits per heavy atom. The number of hydrazine groups is 1. The van der Waals surface area contributed by atoms with E-state index in [-0.39, 0.29) is 5.91 Å². The van der Waals surface area contributed by atoms with Gasteiger partial charge in [-0.05, 0) is 32.1 Å². The summed E-state index contributed by atoms with van der Waals surface area (Å²) in [7, 11) is 1.85. The first-order valence-electron chi connectivity index (χ1n) is 6.82. The van der Waals surface area contributed by atoms with Gasteiger partial charge in [-0.3, -0.25) is 25.1 Å². The lowest BCUT2D eigenvalue weighted by atomic mass is 10.2. The van der Waals surface area contributed by atoms with Crippen molar-refractivity contribution in [3.63, 3.8) is 0 Å². The highest BCUT2D eigenvalue weighted by Crippen LogP contribution is 2.13. The number of amides is 2. The van der Waals surface area contributed by atoms with Gasteiger partial charge in [-0.15, -0.1) is 0 Å². The summed E-state index contributed by atoms with van der Waals surface area (Å²) in [5, 5.41) is 4.27. The molecule has 22 heavy (non-hydrogen) atoms. The van der Waals surface area contributed by atoms with Crippen LogP contribution in [-0.2, 0) is 11.8 Å². The molecule has 6 nitrogen and oxygen atoms in total. The second kappa shape index (κ2) is 6.71. The minimum atomic E-state index is -0.410. The summed E-state index contributed by atoms with van der Waals surface area (Å²) in [6.45, 7) is 3.80. The SMILES string of the molecule is Cc1nn(C)c(C)c1/C=C/C(=O)NNC(=O)c1ccccc1. The van der Waals surface area contributed by atoms with Gasteiger partial charge in [-0.2, -0.15) is 5.10 Å². The number of hydrogen-bond acceptors (Lipinski definition) is 3. The lowest BCUT2D eigenvalue weighted by Gasteiger charge is -2.04. The molecule has 2 aromatic rings. The zero-order valence-electron chi connectivity index (χ0n) is 12.8. The van der Waals surface area contributed by atoms with Crippen LogP contribution in [0.25, 0.3) is 6.08 Å². The van der Waals surface area contributed by atoms with Crippen molar-refractivity contribution in [3.05, 3.63) is 58.9 Å². The number of carbonyl (C=O) groups is 2. The minimum absolute atomic E-state index is 0.365. The number of rotatable bonds is 3. The average molecular weight is 298 g/mol. The van der Waals surface area contributed by atoms with E-state index in [4.69, 9.17) is 0 Å². The van der Waals surface area contributed by atoms with Crippen molar-refractivity contribution in [3.8, 4) is 0 Å². The topological polar surface area (TPSA) is 76.0 Å². The Balaban J connectivity index is 1.93. The highest BCUT2D eigenvalue weighted by atomic mass is 16.2. The normalized spacial score (nSPS) is 10.7. The third-order valence-corrected chi connectivity index (χ3v) is 3.30. The fraction of sp³-hybridized carbons (Fsp3) is 0.188. The maximum Gasteiger partial charge on any atom is 0.269 e. The molecule has 0 fully saturated rings. The molecule has 0 aliphatic rings. The van der Waals surface area contributed by atoms with Gasteiger partial charge in [-0.25, -0.2) is 0 Å². The number of carbonyl (C=O) groups excluding carboxylic acids is 2. The molecule has 2 amide bonds. The Morgan fingerprint density at radius 1 is 1.14 bits per heavy atom. The van der Waals surface area contributed by atoms with E-state index >= 15 is 0 Å². The highest BCUT2D eigenvalue weighted by Gasteiger charge is 2.07. The van der Waals surface area contributed by atoms with Gasteiger partial charge in [0.15, 0.2) is 0 Å². The second-order valence-corrected chi connectivity index (χ2v) is 4.85. The Labute approximate surface area is 128 Å². The lowest BCUT2D eigenvalue weighted by Crippen LogP contribution is -2.40. The molecule has 0 bridgehead atoms. The molecule has 0 saturated carbocycles. The Hall–Kier alpha value is -2.89. The summed E-state index contributed by atoms with van der Waals surface area (Å²) in [5.41, 5.74) is 7.89. The fourth-order valence-electron chi connectivity index (χ4n) is 2.01. The van der Waals surface area contributed by atoms with Crippen molar-refractivity contribution < 1.29 is 9.59 Å². The predicted molar refractivity (Wildman–Crippen MR) is 83.8 cm³/mol. The quantitative estimate of drug-likeness (QED) is 0.666. The molecular formula is C16H18N4O2. The first kappa shape index (κ1) is 15.5. The van der Waals surface area contributed by atoms with Gasteiger partial charge in [0.25, 0.3) is 11.8 Å². The van der Waals surface area contributed by atoms with Gasteiger partial charge in [0.2, 0.25) is 0 Å². The summed E-state index contributed by atoms with van der Waals surface area (Å²) in [6.07, 6.45) is 3.05. The van der Waals surface area contributed by atoms with Crippen molar-refractivity contribution in [2.75, 3.05) is 0 Å². The molecule has 0 spiro atoms. The van der Waals surface area contributed by atoms with Crippen molar-refractivity contribution in [2.24, 2.45) is 7.05 Å². The summed E-state index contributed by atoms with van der Waals surface area (Å²) >= 11 is 0. The van der Waals surface area contributed by atoms with E-state index in [2.05, 4.69) is 16.0 Å². The van der Waals surface area contributed by atoms with Crippen LogP contribution in [0.5, 0.6) is 0 Å². The Bertz CT molecular complexity index is 717. The number of aryl methyl sites for hydroxylation is 2. The maximum absolute atomic E-state index is 11.8. The van der Waals surface area contributed by atoms with E-state index in [0.717, 1.165) is 17.0 Å². The van der Waals surface area contributed by atoms with Gasteiger partial charge >= 0.3 is 0 Å². The van der Waals surface area contributed by atoms with E-state index in [9.17, 15) is 9.59 Å². The molecule has 1 aromatic heterocycles. The summed E-state index contributed by atoms with van der Waals surface area (Å²) in [6, 6.07) is 8.66.